The summed E-state index contributed by atoms with van der Waals surface area (Å²) in [6, 6.07) is 16.6. The summed E-state index contributed by atoms with van der Waals surface area (Å²) in [6.45, 7) is 7.75. The summed E-state index contributed by atoms with van der Waals surface area (Å²) in [5.74, 6) is 1.68. The largest absolute Gasteiger partial charge is 0.497 e. The highest BCUT2D eigenvalue weighted by atomic mass is 31.2. The number of hydrogen-bond acceptors (Lipinski definition) is 7. The van der Waals surface area contributed by atoms with Crippen molar-refractivity contribution in [3.8, 4) is 11.5 Å². The normalized spacial score (nSPS) is 15.8. The molecule has 176 valence electrons. The highest BCUT2D eigenvalue weighted by molar-refractivity contribution is 7.53. The Labute approximate surface area is 191 Å². The number of methoxy groups -OCH3 is 2. The third kappa shape index (κ3) is 6.33. The molecule has 1 aliphatic rings. The monoisotopic (exact) mass is 462 g/mol. The van der Waals surface area contributed by atoms with Gasteiger partial charge in [0.2, 0.25) is 0 Å². The van der Waals surface area contributed by atoms with Crippen molar-refractivity contribution in [3.63, 3.8) is 0 Å². The molecule has 0 spiro atoms. The first kappa shape index (κ1) is 24.7. The SMILES string of the molecule is CCOP(=O)(CN1CCN(C(c2ccc(OC)cc2)c2ccc(OC)cc2)CC1)OCC. The molecule has 0 aromatic heterocycles. The van der Waals surface area contributed by atoms with Crippen molar-refractivity contribution in [2.75, 3.05) is 59.9 Å². The second-order valence-corrected chi connectivity index (χ2v) is 9.71. The second-order valence-electron chi connectivity index (χ2n) is 7.69. The maximum atomic E-state index is 12.9. The lowest BCUT2D eigenvalue weighted by Gasteiger charge is -2.40. The zero-order valence-corrected chi connectivity index (χ0v) is 20.4. The van der Waals surface area contributed by atoms with E-state index in [0.717, 1.165) is 37.7 Å². The summed E-state index contributed by atoms with van der Waals surface area (Å²) < 4.78 is 34.6. The minimum Gasteiger partial charge on any atom is -0.497 e. The summed E-state index contributed by atoms with van der Waals surface area (Å²) >= 11 is 0. The van der Waals surface area contributed by atoms with Crippen LogP contribution in [0.2, 0.25) is 0 Å². The smallest absolute Gasteiger partial charge is 0.344 e. The van der Waals surface area contributed by atoms with Gasteiger partial charge in [0.05, 0.1) is 33.5 Å². The van der Waals surface area contributed by atoms with Crippen LogP contribution in [0.5, 0.6) is 11.5 Å². The molecular weight excluding hydrogens is 427 g/mol. The van der Waals surface area contributed by atoms with Crippen LogP contribution in [0.1, 0.15) is 31.0 Å². The van der Waals surface area contributed by atoms with Crippen molar-refractivity contribution in [1.82, 2.24) is 9.80 Å². The highest BCUT2D eigenvalue weighted by Gasteiger charge is 2.32. The number of hydrogen-bond donors (Lipinski definition) is 0. The number of benzene rings is 2. The lowest BCUT2D eigenvalue weighted by Crippen LogP contribution is -2.48. The Bertz CT molecular complexity index is 809. The van der Waals surface area contributed by atoms with E-state index in [2.05, 4.69) is 34.1 Å². The molecule has 0 unspecified atom stereocenters. The van der Waals surface area contributed by atoms with Crippen LogP contribution < -0.4 is 9.47 Å². The van der Waals surface area contributed by atoms with Gasteiger partial charge in [-0.3, -0.25) is 14.4 Å². The van der Waals surface area contributed by atoms with Crippen LogP contribution in [0.15, 0.2) is 48.5 Å². The fraction of sp³-hybridized carbons (Fsp3) is 0.500. The first-order chi connectivity index (χ1) is 15.5. The summed E-state index contributed by atoms with van der Waals surface area (Å²) in [7, 11) is 0.272. The number of nitrogens with zero attached hydrogens (tertiary/aromatic N) is 2. The van der Waals surface area contributed by atoms with E-state index < -0.39 is 7.60 Å². The fourth-order valence-electron chi connectivity index (χ4n) is 4.11. The van der Waals surface area contributed by atoms with Crippen LogP contribution >= 0.6 is 7.60 Å². The van der Waals surface area contributed by atoms with Crippen molar-refractivity contribution in [2.24, 2.45) is 0 Å². The van der Waals surface area contributed by atoms with Gasteiger partial charge in [0.15, 0.2) is 0 Å². The molecule has 0 N–H and O–H groups in total. The van der Waals surface area contributed by atoms with E-state index in [9.17, 15) is 4.57 Å². The molecule has 0 atom stereocenters. The van der Waals surface area contributed by atoms with Crippen LogP contribution in [-0.2, 0) is 13.6 Å². The Kier molecular flexibility index (Phi) is 9.14. The predicted octanol–water partition coefficient (Wildman–Crippen LogP) is 4.63. The van der Waals surface area contributed by atoms with Crippen molar-refractivity contribution in [3.05, 3.63) is 59.7 Å². The van der Waals surface area contributed by atoms with Crippen LogP contribution in [0, 0.1) is 0 Å². The topological polar surface area (TPSA) is 60.5 Å². The van der Waals surface area contributed by atoms with Crippen molar-refractivity contribution >= 4 is 7.60 Å². The Morgan fingerprint density at radius 3 is 1.59 bits per heavy atom. The molecule has 1 heterocycles. The molecule has 1 aliphatic heterocycles. The molecule has 1 saturated heterocycles. The van der Waals surface area contributed by atoms with Crippen molar-refractivity contribution < 1.29 is 23.1 Å². The molecular formula is C24H35N2O5P. The fourth-order valence-corrected chi connectivity index (χ4v) is 5.90. The molecule has 0 radical (unpaired) electrons. The molecule has 32 heavy (non-hydrogen) atoms. The van der Waals surface area contributed by atoms with Crippen LogP contribution in [0.4, 0.5) is 0 Å². The van der Waals surface area contributed by atoms with E-state index >= 15 is 0 Å². The molecule has 7 nitrogen and oxygen atoms in total. The molecule has 1 fully saturated rings. The van der Waals surface area contributed by atoms with Crippen LogP contribution in [0.3, 0.4) is 0 Å². The van der Waals surface area contributed by atoms with Crippen LogP contribution in [-0.4, -0.2) is 69.7 Å². The summed E-state index contributed by atoms with van der Waals surface area (Å²) in [5, 5.41) is 0. The van der Waals surface area contributed by atoms with Crippen molar-refractivity contribution in [1.29, 1.82) is 0 Å². The van der Waals surface area contributed by atoms with Gasteiger partial charge in [0, 0.05) is 26.2 Å². The van der Waals surface area contributed by atoms with Crippen LogP contribution in [0.25, 0.3) is 0 Å². The first-order valence-electron chi connectivity index (χ1n) is 11.1. The molecule has 0 aliphatic carbocycles. The average molecular weight is 463 g/mol. The Balaban J connectivity index is 1.76. The number of piperazine rings is 1. The predicted molar refractivity (Wildman–Crippen MR) is 127 cm³/mol. The van der Waals surface area contributed by atoms with Gasteiger partial charge in [-0.25, -0.2) is 0 Å². The van der Waals surface area contributed by atoms with E-state index in [4.69, 9.17) is 18.5 Å². The van der Waals surface area contributed by atoms with E-state index in [1.54, 1.807) is 14.2 Å². The molecule has 0 saturated carbocycles. The maximum Gasteiger partial charge on any atom is 0.344 e. The Morgan fingerprint density at radius 2 is 1.22 bits per heavy atom. The van der Waals surface area contributed by atoms with Gasteiger partial charge in [-0.15, -0.1) is 0 Å². The van der Waals surface area contributed by atoms with E-state index in [1.165, 1.54) is 11.1 Å². The van der Waals surface area contributed by atoms with Gasteiger partial charge in [0.25, 0.3) is 0 Å². The second kappa shape index (κ2) is 11.8. The molecule has 2 aromatic carbocycles. The Hall–Kier alpha value is -1.89. The Morgan fingerprint density at radius 1 is 0.781 bits per heavy atom. The average Bonchev–Trinajstić information content (AvgIpc) is 2.81. The van der Waals surface area contributed by atoms with Gasteiger partial charge >= 0.3 is 7.60 Å². The van der Waals surface area contributed by atoms with E-state index in [-0.39, 0.29) is 6.04 Å². The zero-order valence-electron chi connectivity index (χ0n) is 19.5. The first-order valence-corrected chi connectivity index (χ1v) is 12.9. The number of rotatable bonds is 11. The molecule has 8 heteroatoms. The summed E-state index contributed by atoms with van der Waals surface area (Å²) in [5.41, 5.74) is 2.41. The van der Waals surface area contributed by atoms with E-state index in [0.29, 0.717) is 19.5 Å². The molecule has 3 rings (SSSR count). The van der Waals surface area contributed by atoms with Gasteiger partial charge in [-0.2, -0.15) is 0 Å². The van der Waals surface area contributed by atoms with Gasteiger partial charge < -0.3 is 18.5 Å². The lowest BCUT2D eigenvalue weighted by atomic mass is 9.96. The van der Waals surface area contributed by atoms with Crippen molar-refractivity contribution in [2.45, 2.75) is 19.9 Å². The molecule has 2 aromatic rings. The zero-order chi connectivity index (χ0) is 23.0. The summed E-state index contributed by atoms with van der Waals surface area (Å²) in [4.78, 5) is 4.65. The molecule has 0 bridgehead atoms. The van der Waals surface area contributed by atoms with Gasteiger partial charge in [-0.1, -0.05) is 24.3 Å². The number of ether oxygens (including phenoxy) is 2. The third-order valence-corrected chi connectivity index (χ3v) is 7.71. The van der Waals surface area contributed by atoms with E-state index in [1.807, 2.05) is 38.1 Å². The quantitative estimate of drug-likeness (QED) is 0.451. The van der Waals surface area contributed by atoms with Gasteiger partial charge in [-0.05, 0) is 49.2 Å². The minimum absolute atomic E-state index is 0.111. The summed E-state index contributed by atoms with van der Waals surface area (Å²) in [6.07, 6.45) is 0.332. The molecule has 0 amide bonds. The third-order valence-electron chi connectivity index (χ3n) is 5.66. The van der Waals surface area contributed by atoms with Gasteiger partial charge in [0.1, 0.15) is 17.8 Å². The lowest BCUT2D eigenvalue weighted by molar-refractivity contribution is 0.111. The minimum atomic E-state index is -3.09. The highest BCUT2D eigenvalue weighted by Crippen LogP contribution is 2.48. The standard InChI is InChI=1S/C24H35N2O5P/c1-5-30-32(27,31-6-2)19-25-15-17-26(18-16-25)24(20-7-11-22(28-3)12-8-20)21-9-13-23(29-4)14-10-21/h7-14,24H,5-6,15-19H2,1-4H3. The maximum absolute atomic E-state index is 12.9.